The van der Waals surface area contributed by atoms with Gasteiger partial charge in [0.2, 0.25) is 0 Å². The fraction of sp³-hybridized carbons (Fsp3) is 0.571. The van der Waals surface area contributed by atoms with E-state index in [0.29, 0.717) is 30.6 Å². The summed E-state index contributed by atoms with van der Waals surface area (Å²) in [6.45, 7) is 2.84. The van der Waals surface area contributed by atoms with E-state index in [2.05, 4.69) is 54.0 Å². The van der Waals surface area contributed by atoms with Crippen LogP contribution in [0, 0.1) is 5.92 Å². The van der Waals surface area contributed by atoms with E-state index in [4.69, 9.17) is 5.11 Å². The summed E-state index contributed by atoms with van der Waals surface area (Å²) in [5.74, 6) is -0.0341. The molecule has 2 aliphatic carbocycles. The molecule has 0 bridgehead atoms. The largest absolute Gasteiger partial charge is 0.481 e. The second-order valence-corrected chi connectivity index (χ2v) is 7.56. The highest BCUT2D eigenvalue weighted by Gasteiger charge is 2.39. The van der Waals surface area contributed by atoms with Crippen molar-refractivity contribution in [2.24, 2.45) is 5.92 Å². The Morgan fingerprint density at radius 3 is 2.52 bits per heavy atom. The van der Waals surface area contributed by atoms with Gasteiger partial charge in [0.15, 0.2) is 0 Å². The first-order valence-electron chi connectivity index (χ1n) is 9.56. The maximum Gasteiger partial charge on any atom is 0.304 e. The second kappa shape index (κ2) is 8.63. The van der Waals surface area contributed by atoms with Crippen molar-refractivity contribution < 1.29 is 9.90 Å². The third-order valence-electron chi connectivity index (χ3n) is 5.52. The smallest absolute Gasteiger partial charge is 0.304 e. The lowest BCUT2D eigenvalue weighted by Crippen LogP contribution is -2.41. The minimum absolute atomic E-state index is 0.217. The summed E-state index contributed by atoms with van der Waals surface area (Å²) in [6.07, 6.45) is 8.46. The van der Waals surface area contributed by atoms with Crippen LogP contribution in [0.15, 0.2) is 35.9 Å². The third-order valence-corrected chi connectivity index (χ3v) is 5.52. The highest BCUT2D eigenvalue weighted by Crippen LogP contribution is 2.39. The molecule has 4 nitrogen and oxygen atoms in total. The molecule has 4 heteroatoms. The lowest BCUT2D eigenvalue weighted by molar-refractivity contribution is -0.136. The zero-order valence-corrected chi connectivity index (χ0v) is 15.1. The Labute approximate surface area is 150 Å². The van der Waals surface area contributed by atoms with Crippen LogP contribution in [0.3, 0.4) is 0 Å². The maximum atomic E-state index is 10.6. The van der Waals surface area contributed by atoms with E-state index in [1.807, 2.05) is 0 Å². The van der Waals surface area contributed by atoms with Crippen molar-refractivity contribution in [2.75, 3.05) is 6.54 Å². The Bertz CT molecular complexity index is 591. The first-order valence-corrected chi connectivity index (χ1v) is 9.56. The van der Waals surface area contributed by atoms with Crippen molar-refractivity contribution in [1.29, 1.82) is 0 Å². The number of benzene rings is 1. The van der Waals surface area contributed by atoms with Crippen LogP contribution < -0.4 is 10.6 Å². The predicted octanol–water partition coefficient (Wildman–Crippen LogP) is 3.44. The molecule has 0 amide bonds. The molecule has 2 aliphatic rings. The SMILES string of the molecule is C/C(=C\c1ccccc1)[C@@H]1C[C@H]1NC1CCC(NCCC(=O)O)CC1. The van der Waals surface area contributed by atoms with Crippen LogP contribution in [0.2, 0.25) is 0 Å². The maximum absolute atomic E-state index is 10.6. The van der Waals surface area contributed by atoms with Crippen molar-refractivity contribution >= 4 is 12.0 Å². The number of carboxylic acids is 1. The Hall–Kier alpha value is -1.65. The average molecular weight is 342 g/mol. The van der Waals surface area contributed by atoms with E-state index in [9.17, 15) is 4.79 Å². The fourth-order valence-corrected chi connectivity index (χ4v) is 3.95. The molecule has 3 N–H and O–H groups in total. The molecular weight excluding hydrogens is 312 g/mol. The van der Waals surface area contributed by atoms with Crippen LogP contribution in [0.25, 0.3) is 6.08 Å². The molecule has 3 rings (SSSR count). The third kappa shape index (κ3) is 5.68. The molecule has 0 unspecified atom stereocenters. The molecule has 2 fully saturated rings. The Morgan fingerprint density at radius 1 is 1.16 bits per heavy atom. The number of aliphatic carboxylic acids is 1. The monoisotopic (exact) mass is 342 g/mol. The normalized spacial score (nSPS) is 29.4. The summed E-state index contributed by atoms with van der Waals surface area (Å²) in [4.78, 5) is 10.6. The number of rotatable bonds is 8. The van der Waals surface area contributed by atoms with Gasteiger partial charge < -0.3 is 15.7 Å². The summed E-state index contributed by atoms with van der Waals surface area (Å²) in [5, 5.41) is 15.9. The fourth-order valence-electron chi connectivity index (χ4n) is 3.95. The Morgan fingerprint density at radius 2 is 1.84 bits per heavy atom. The summed E-state index contributed by atoms with van der Waals surface area (Å²) >= 11 is 0. The van der Waals surface area contributed by atoms with Crippen molar-refractivity contribution in [3.8, 4) is 0 Å². The summed E-state index contributed by atoms with van der Waals surface area (Å²) in [5.41, 5.74) is 2.77. The number of carboxylic acid groups (broad SMARTS) is 1. The van der Waals surface area contributed by atoms with Crippen LogP contribution in [0.1, 0.15) is 51.0 Å². The molecule has 1 aromatic carbocycles. The minimum Gasteiger partial charge on any atom is -0.481 e. The highest BCUT2D eigenvalue weighted by molar-refractivity contribution is 5.66. The van der Waals surface area contributed by atoms with Crippen LogP contribution in [-0.2, 0) is 4.79 Å². The number of hydrogen-bond acceptors (Lipinski definition) is 3. The standard InChI is InChI=1S/C21H30N2O2/c1-15(13-16-5-3-2-4-6-16)19-14-20(19)23-18-9-7-17(8-10-18)22-12-11-21(24)25/h2-6,13,17-20,22-23H,7-12,14H2,1H3,(H,24,25)/b15-13+/t17?,18?,19-,20+/m0/s1. The molecule has 136 valence electrons. The van der Waals surface area contributed by atoms with Crippen molar-refractivity contribution in [3.63, 3.8) is 0 Å². The first-order chi connectivity index (χ1) is 12.1. The van der Waals surface area contributed by atoms with Crippen LogP contribution in [-0.4, -0.2) is 35.7 Å². The van der Waals surface area contributed by atoms with E-state index in [1.54, 1.807) is 0 Å². The molecule has 25 heavy (non-hydrogen) atoms. The lowest BCUT2D eigenvalue weighted by atomic mass is 9.91. The molecule has 0 radical (unpaired) electrons. The molecule has 2 saturated carbocycles. The highest BCUT2D eigenvalue weighted by atomic mass is 16.4. The van der Waals surface area contributed by atoms with Crippen LogP contribution >= 0.6 is 0 Å². The summed E-state index contributed by atoms with van der Waals surface area (Å²) in [6, 6.07) is 12.3. The first kappa shape index (κ1) is 18.2. The predicted molar refractivity (Wildman–Crippen MR) is 101 cm³/mol. The van der Waals surface area contributed by atoms with Gasteiger partial charge >= 0.3 is 5.97 Å². The molecular formula is C21H30N2O2. The van der Waals surface area contributed by atoms with Gasteiger partial charge in [0, 0.05) is 24.7 Å². The van der Waals surface area contributed by atoms with Gasteiger partial charge in [-0.15, -0.1) is 0 Å². The zero-order chi connectivity index (χ0) is 17.6. The Kier molecular flexibility index (Phi) is 6.27. The topological polar surface area (TPSA) is 61.4 Å². The van der Waals surface area contributed by atoms with E-state index in [1.165, 1.54) is 30.4 Å². The molecule has 0 heterocycles. The van der Waals surface area contributed by atoms with E-state index < -0.39 is 5.97 Å². The van der Waals surface area contributed by atoms with Gasteiger partial charge in [-0.25, -0.2) is 0 Å². The van der Waals surface area contributed by atoms with Crippen molar-refractivity contribution in [1.82, 2.24) is 10.6 Å². The van der Waals surface area contributed by atoms with Crippen LogP contribution in [0.5, 0.6) is 0 Å². The molecule has 2 atom stereocenters. The van der Waals surface area contributed by atoms with Crippen molar-refractivity contribution in [3.05, 3.63) is 41.5 Å². The zero-order valence-electron chi connectivity index (χ0n) is 15.1. The molecule has 0 spiro atoms. The second-order valence-electron chi connectivity index (χ2n) is 7.56. The van der Waals surface area contributed by atoms with Gasteiger partial charge in [0.05, 0.1) is 6.42 Å². The van der Waals surface area contributed by atoms with Gasteiger partial charge in [-0.05, 0) is 50.5 Å². The number of nitrogens with one attached hydrogen (secondary N) is 2. The van der Waals surface area contributed by atoms with Gasteiger partial charge in [-0.1, -0.05) is 42.0 Å². The van der Waals surface area contributed by atoms with E-state index >= 15 is 0 Å². The Balaban J connectivity index is 1.36. The van der Waals surface area contributed by atoms with Gasteiger partial charge in [0.25, 0.3) is 0 Å². The molecule has 1 aromatic rings. The molecule has 0 aromatic heterocycles. The van der Waals surface area contributed by atoms with Gasteiger partial charge in [-0.3, -0.25) is 4.79 Å². The van der Waals surface area contributed by atoms with E-state index in [-0.39, 0.29) is 6.42 Å². The van der Waals surface area contributed by atoms with Crippen molar-refractivity contribution in [2.45, 2.75) is 63.6 Å². The quantitative estimate of drug-likeness (QED) is 0.677. The lowest BCUT2D eigenvalue weighted by Gasteiger charge is -2.30. The number of carbonyl (C=O) groups is 1. The number of hydrogen-bond donors (Lipinski definition) is 3. The summed E-state index contributed by atoms with van der Waals surface area (Å²) < 4.78 is 0. The minimum atomic E-state index is -0.721. The average Bonchev–Trinajstić information content (AvgIpc) is 3.36. The molecule has 0 aliphatic heterocycles. The van der Waals surface area contributed by atoms with E-state index in [0.717, 1.165) is 12.8 Å². The van der Waals surface area contributed by atoms with Gasteiger partial charge in [-0.2, -0.15) is 0 Å². The van der Waals surface area contributed by atoms with Gasteiger partial charge in [0.1, 0.15) is 0 Å². The van der Waals surface area contributed by atoms with Crippen LogP contribution in [0.4, 0.5) is 0 Å². The molecule has 0 saturated heterocycles. The summed E-state index contributed by atoms with van der Waals surface area (Å²) in [7, 11) is 0.